The number of fused-ring (bicyclic) bond motifs is 1. The van der Waals surface area contributed by atoms with Crippen molar-refractivity contribution in [3.8, 4) is 5.75 Å². The van der Waals surface area contributed by atoms with Crippen LogP contribution in [0.5, 0.6) is 5.75 Å². The molecule has 0 bridgehead atoms. The van der Waals surface area contributed by atoms with E-state index >= 15 is 0 Å². The molecule has 2 aromatic rings. The number of para-hydroxylation sites is 1. The van der Waals surface area contributed by atoms with E-state index in [9.17, 15) is 4.79 Å². The lowest BCUT2D eigenvalue weighted by Gasteiger charge is -2.22. The van der Waals surface area contributed by atoms with Gasteiger partial charge in [-0.15, -0.1) is 0 Å². The van der Waals surface area contributed by atoms with Gasteiger partial charge in [0.15, 0.2) is 11.3 Å². The molecule has 1 heterocycles. The SMILES string of the molecule is CC(=O)P1c2cc(C)c(C)cc2ON1c1ccccc1. The smallest absolute Gasteiger partial charge is 0.180 e. The van der Waals surface area contributed by atoms with E-state index in [0.29, 0.717) is 0 Å². The summed E-state index contributed by atoms with van der Waals surface area (Å²) in [6.45, 7) is 5.75. The van der Waals surface area contributed by atoms with Crippen molar-refractivity contribution in [2.75, 3.05) is 4.83 Å². The molecule has 4 heteroatoms. The molecule has 0 radical (unpaired) electrons. The Morgan fingerprint density at radius 3 is 2.40 bits per heavy atom. The zero-order valence-electron chi connectivity index (χ0n) is 11.8. The first-order valence-corrected chi connectivity index (χ1v) is 7.82. The van der Waals surface area contributed by atoms with Crippen molar-refractivity contribution < 1.29 is 9.63 Å². The fourth-order valence-electron chi connectivity index (χ4n) is 2.27. The molecular weight excluding hydrogens is 269 g/mol. The monoisotopic (exact) mass is 285 g/mol. The number of hydrogen-bond acceptors (Lipinski definition) is 3. The predicted molar refractivity (Wildman–Crippen MR) is 82.7 cm³/mol. The quantitative estimate of drug-likeness (QED) is 0.788. The van der Waals surface area contributed by atoms with Crippen LogP contribution >= 0.6 is 8.07 Å². The average Bonchev–Trinajstić information content (AvgIpc) is 2.79. The van der Waals surface area contributed by atoms with Crippen LogP contribution in [0, 0.1) is 13.8 Å². The van der Waals surface area contributed by atoms with Crippen molar-refractivity contribution in [3.05, 3.63) is 53.6 Å². The van der Waals surface area contributed by atoms with Gasteiger partial charge in [-0.05, 0) is 49.2 Å². The Hall–Kier alpha value is -1.86. The maximum Gasteiger partial charge on any atom is 0.180 e. The molecule has 2 aromatic carbocycles. The Morgan fingerprint density at radius 2 is 1.75 bits per heavy atom. The highest BCUT2D eigenvalue weighted by molar-refractivity contribution is 7.83. The van der Waals surface area contributed by atoms with Gasteiger partial charge in [0.05, 0.1) is 11.0 Å². The van der Waals surface area contributed by atoms with Crippen LogP contribution < -0.4 is 15.0 Å². The number of benzene rings is 2. The number of hydrogen-bond donors (Lipinski definition) is 0. The summed E-state index contributed by atoms with van der Waals surface area (Å²) in [7, 11) is -1.12. The van der Waals surface area contributed by atoms with E-state index < -0.39 is 8.07 Å². The van der Waals surface area contributed by atoms with Crippen LogP contribution in [0.4, 0.5) is 5.69 Å². The number of rotatable bonds is 2. The van der Waals surface area contributed by atoms with E-state index in [4.69, 9.17) is 4.84 Å². The number of anilines is 1. The van der Waals surface area contributed by atoms with Crippen LogP contribution in [0.3, 0.4) is 0 Å². The molecule has 102 valence electrons. The van der Waals surface area contributed by atoms with Gasteiger partial charge in [0, 0.05) is 6.92 Å². The molecule has 0 amide bonds. The molecule has 20 heavy (non-hydrogen) atoms. The van der Waals surface area contributed by atoms with Crippen LogP contribution in [0.25, 0.3) is 0 Å². The normalized spacial score (nSPS) is 16.8. The minimum Gasteiger partial charge on any atom is -0.375 e. The Bertz CT molecular complexity index is 670. The third-order valence-corrected chi connectivity index (χ3v) is 5.52. The van der Waals surface area contributed by atoms with Gasteiger partial charge in [-0.25, -0.2) is 0 Å². The molecular formula is C16H16NO2P. The summed E-state index contributed by atoms with van der Waals surface area (Å²) >= 11 is 0. The predicted octanol–water partition coefficient (Wildman–Crippen LogP) is 3.69. The first-order chi connectivity index (χ1) is 9.58. The van der Waals surface area contributed by atoms with Crippen LogP contribution in [0.15, 0.2) is 42.5 Å². The van der Waals surface area contributed by atoms with Gasteiger partial charge in [0.1, 0.15) is 8.07 Å². The van der Waals surface area contributed by atoms with Crippen molar-refractivity contribution in [3.63, 3.8) is 0 Å². The largest absolute Gasteiger partial charge is 0.375 e. The first kappa shape index (κ1) is 13.1. The summed E-state index contributed by atoms with van der Waals surface area (Å²) in [4.78, 5) is 19.8. The van der Waals surface area contributed by atoms with Gasteiger partial charge < -0.3 is 4.84 Å². The molecule has 0 aromatic heterocycles. The number of carbonyl (C=O) groups excluding carboxylic acids is 1. The van der Waals surface area contributed by atoms with E-state index in [1.165, 1.54) is 11.1 Å². The van der Waals surface area contributed by atoms with Gasteiger partial charge >= 0.3 is 0 Å². The third-order valence-electron chi connectivity index (χ3n) is 3.45. The molecule has 3 rings (SSSR count). The highest BCUT2D eigenvalue weighted by Gasteiger charge is 2.37. The number of carbonyl (C=O) groups is 1. The van der Waals surface area contributed by atoms with Gasteiger partial charge in [0.2, 0.25) is 0 Å². The first-order valence-electron chi connectivity index (χ1n) is 6.53. The van der Waals surface area contributed by atoms with Crippen LogP contribution in [0.2, 0.25) is 0 Å². The maximum atomic E-state index is 12.1. The highest BCUT2D eigenvalue weighted by Crippen LogP contribution is 2.51. The minimum absolute atomic E-state index is 0.144. The topological polar surface area (TPSA) is 29.5 Å². The summed E-state index contributed by atoms with van der Waals surface area (Å²) in [5.74, 6) is 0.804. The Kier molecular flexibility index (Phi) is 3.23. The molecule has 1 atom stereocenters. The van der Waals surface area contributed by atoms with Crippen molar-refractivity contribution in [2.45, 2.75) is 20.8 Å². The fourth-order valence-corrected chi connectivity index (χ4v) is 4.22. The summed E-state index contributed by atoms with van der Waals surface area (Å²) in [5, 5.41) is 1.01. The van der Waals surface area contributed by atoms with E-state index in [1.807, 2.05) is 36.4 Å². The molecule has 1 aliphatic rings. The molecule has 1 unspecified atom stereocenters. The van der Waals surface area contributed by atoms with Crippen LogP contribution in [0.1, 0.15) is 18.1 Å². The third kappa shape index (κ3) is 2.08. The van der Waals surface area contributed by atoms with Crippen molar-refractivity contribution in [2.24, 2.45) is 0 Å². The second-order valence-corrected chi connectivity index (χ2v) is 7.03. The van der Waals surface area contributed by atoms with E-state index in [0.717, 1.165) is 16.7 Å². The Balaban J connectivity index is 2.10. The number of nitrogens with zero attached hydrogens (tertiary/aromatic N) is 1. The number of aryl methyl sites for hydroxylation is 2. The molecule has 0 saturated carbocycles. The average molecular weight is 285 g/mol. The Morgan fingerprint density at radius 1 is 1.10 bits per heavy atom. The van der Waals surface area contributed by atoms with Crippen molar-refractivity contribution in [1.29, 1.82) is 0 Å². The second-order valence-electron chi connectivity index (χ2n) is 4.93. The fraction of sp³-hybridized carbons (Fsp3) is 0.188. The lowest BCUT2D eigenvalue weighted by molar-refractivity contribution is -0.109. The summed E-state index contributed by atoms with van der Waals surface area (Å²) in [6, 6.07) is 13.9. The molecule has 3 nitrogen and oxygen atoms in total. The van der Waals surface area contributed by atoms with E-state index in [-0.39, 0.29) is 5.52 Å². The van der Waals surface area contributed by atoms with Crippen LogP contribution in [-0.2, 0) is 4.79 Å². The zero-order valence-corrected chi connectivity index (χ0v) is 12.6. The Labute approximate surface area is 119 Å². The standard InChI is InChI=1S/C16H16NO2P/c1-11-9-15-16(10-12(11)2)20(13(3)18)17(19-15)14-7-5-4-6-8-14/h4-10H,1-3H3. The zero-order chi connectivity index (χ0) is 14.3. The highest BCUT2D eigenvalue weighted by atomic mass is 31.1. The molecule has 0 aliphatic carbocycles. The molecule has 0 N–H and O–H groups in total. The summed E-state index contributed by atoms with van der Waals surface area (Å²) < 4.78 is 0. The van der Waals surface area contributed by atoms with Gasteiger partial charge in [0.25, 0.3) is 0 Å². The van der Waals surface area contributed by atoms with Crippen molar-refractivity contribution >= 4 is 24.6 Å². The maximum absolute atomic E-state index is 12.1. The van der Waals surface area contributed by atoms with Crippen LogP contribution in [-0.4, -0.2) is 5.52 Å². The van der Waals surface area contributed by atoms with Gasteiger partial charge in [-0.2, -0.15) is 4.83 Å². The van der Waals surface area contributed by atoms with Gasteiger partial charge in [-0.3, -0.25) is 4.79 Å². The molecule has 0 saturated heterocycles. The van der Waals surface area contributed by atoms with E-state index in [2.05, 4.69) is 19.9 Å². The molecule has 1 aliphatic heterocycles. The lowest BCUT2D eigenvalue weighted by atomic mass is 10.1. The molecule has 0 fully saturated rings. The second kappa shape index (κ2) is 4.92. The summed E-state index contributed by atoms with van der Waals surface area (Å²) in [6.07, 6.45) is 0. The summed E-state index contributed by atoms with van der Waals surface area (Å²) in [5.41, 5.74) is 3.43. The minimum atomic E-state index is -1.12. The van der Waals surface area contributed by atoms with Crippen molar-refractivity contribution in [1.82, 2.24) is 0 Å². The van der Waals surface area contributed by atoms with E-state index in [1.54, 1.807) is 11.8 Å². The molecule has 0 spiro atoms. The lowest BCUT2D eigenvalue weighted by Crippen LogP contribution is -2.20. The van der Waals surface area contributed by atoms with Gasteiger partial charge in [-0.1, -0.05) is 18.2 Å².